The molecule has 176 valence electrons. The SMILES string of the molecule is CC(C)OC(=O)c1ccc(NC(=O)CCCC(=O)OCC(=O)N[C@H](C)c2ccccc2)cc1. The van der Waals surface area contributed by atoms with Crippen LogP contribution in [0.25, 0.3) is 0 Å². The van der Waals surface area contributed by atoms with E-state index in [1.807, 2.05) is 37.3 Å². The van der Waals surface area contributed by atoms with Gasteiger partial charge in [-0.1, -0.05) is 30.3 Å². The lowest BCUT2D eigenvalue weighted by molar-refractivity contribution is -0.148. The number of carbonyl (C=O) groups is 4. The van der Waals surface area contributed by atoms with E-state index in [1.54, 1.807) is 38.1 Å². The van der Waals surface area contributed by atoms with Gasteiger partial charge >= 0.3 is 11.9 Å². The van der Waals surface area contributed by atoms with Gasteiger partial charge in [0, 0.05) is 18.5 Å². The van der Waals surface area contributed by atoms with Crippen LogP contribution in [0.3, 0.4) is 0 Å². The summed E-state index contributed by atoms with van der Waals surface area (Å²) in [5.41, 5.74) is 1.88. The fourth-order valence-electron chi connectivity index (χ4n) is 2.91. The van der Waals surface area contributed by atoms with Crippen LogP contribution in [0.15, 0.2) is 54.6 Å². The molecule has 0 aliphatic carbocycles. The highest BCUT2D eigenvalue weighted by Crippen LogP contribution is 2.13. The van der Waals surface area contributed by atoms with Crippen LogP contribution in [0.1, 0.15) is 62.0 Å². The minimum Gasteiger partial charge on any atom is -0.459 e. The molecule has 0 aliphatic heterocycles. The van der Waals surface area contributed by atoms with Crippen LogP contribution in [0.4, 0.5) is 5.69 Å². The molecule has 2 N–H and O–H groups in total. The second kappa shape index (κ2) is 13.0. The Hall–Kier alpha value is -3.68. The average molecular weight is 455 g/mol. The number of anilines is 1. The normalized spacial score (nSPS) is 11.4. The monoisotopic (exact) mass is 454 g/mol. The van der Waals surface area contributed by atoms with Gasteiger partial charge in [0.2, 0.25) is 5.91 Å². The van der Waals surface area contributed by atoms with E-state index in [0.29, 0.717) is 11.3 Å². The summed E-state index contributed by atoms with van der Waals surface area (Å²) in [6.07, 6.45) is 0.208. The predicted octanol–water partition coefficient (Wildman–Crippen LogP) is 3.78. The molecule has 8 nitrogen and oxygen atoms in total. The number of hydrogen-bond donors (Lipinski definition) is 2. The lowest BCUT2D eigenvalue weighted by Gasteiger charge is -2.14. The molecule has 2 aromatic carbocycles. The molecular formula is C25H30N2O6. The Kier molecular flexibility index (Phi) is 10.1. The summed E-state index contributed by atoms with van der Waals surface area (Å²) in [7, 11) is 0. The van der Waals surface area contributed by atoms with Gasteiger partial charge in [0.25, 0.3) is 5.91 Å². The zero-order valence-electron chi connectivity index (χ0n) is 19.1. The number of hydrogen-bond acceptors (Lipinski definition) is 6. The summed E-state index contributed by atoms with van der Waals surface area (Å²) in [5.74, 6) is -1.63. The number of ether oxygens (including phenoxy) is 2. The first kappa shape index (κ1) is 25.6. The highest BCUT2D eigenvalue weighted by molar-refractivity contribution is 5.93. The number of amides is 2. The standard InChI is InChI=1S/C25H30N2O6/c1-17(2)33-25(31)20-12-14-21(15-13-20)27-22(28)10-7-11-24(30)32-16-23(29)26-18(3)19-8-5-4-6-9-19/h4-6,8-9,12-15,17-18H,7,10-11,16H2,1-3H3,(H,26,29)(H,27,28)/t18-/m1/s1. The number of nitrogens with one attached hydrogen (secondary N) is 2. The van der Waals surface area contributed by atoms with Crippen molar-refractivity contribution in [3.05, 3.63) is 65.7 Å². The Morgan fingerprint density at radius 1 is 0.848 bits per heavy atom. The van der Waals surface area contributed by atoms with E-state index in [4.69, 9.17) is 9.47 Å². The van der Waals surface area contributed by atoms with Crippen LogP contribution < -0.4 is 10.6 Å². The van der Waals surface area contributed by atoms with Crippen molar-refractivity contribution in [2.24, 2.45) is 0 Å². The molecular weight excluding hydrogens is 424 g/mol. The summed E-state index contributed by atoms with van der Waals surface area (Å²) in [6.45, 7) is 5.01. The quantitative estimate of drug-likeness (QED) is 0.500. The lowest BCUT2D eigenvalue weighted by atomic mass is 10.1. The van der Waals surface area contributed by atoms with Gasteiger partial charge in [-0.25, -0.2) is 4.79 Å². The van der Waals surface area contributed by atoms with Crippen molar-refractivity contribution < 1.29 is 28.7 Å². The van der Waals surface area contributed by atoms with E-state index in [-0.39, 0.29) is 43.9 Å². The first-order valence-corrected chi connectivity index (χ1v) is 10.9. The van der Waals surface area contributed by atoms with Crippen molar-refractivity contribution in [1.29, 1.82) is 0 Å². The Balaban J connectivity index is 1.64. The van der Waals surface area contributed by atoms with Gasteiger partial charge in [-0.3, -0.25) is 14.4 Å². The average Bonchev–Trinajstić information content (AvgIpc) is 2.78. The van der Waals surface area contributed by atoms with Crippen molar-refractivity contribution in [2.45, 2.75) is 52.2 Å². The number of rotatable bonds is 11. The Bertz CT molecular complexity index is 941. The first-order valence-electron chi connectivity index (χ1n) is 10.9. The van der Waals surface area contributed by atoms with E-state index in [0.717, 1.165) is 5.56 Å². The maximum Gasteiger partial charge on any atom is 0.338 e. The summed E-state index contributed by atoms with van der Waals surface area (Å²) >= 11 is 0. The molecule has 0 radical (unpaired) electrons. The lowest BCUT2D eigenvalue weighted by Crippen LogP contribution is -2.31. The molecule has 33 heavy (non-hydrogen) atoms. The van der Waals surface area contributed by atoms with Gasteiger partial charge in [-0.05, 0) is 57.0 Å². The molecule has 2 rings (SSSR count). The Morgan fingerprint density at radius 2 is 1.52 bits per heavy atom. The van der Waals surface area contributed by atoms with Gasteiger partial charge in [0.15, 0.2) is 6.61 Å². The van der Waals surface area contributed by atoms with Gasteiger partial charge in [-0.2, -0.15) is 0 Å². The molecule has 0 spiro atoms. The maximum absolute atomic E-state index is 12.1. The molecule has 0 aromatic heterocycles. The molecule has 0 bridgehead atoms. The minimum atomic E-state index is -0.543. The second-order valence-electron chi connectivity index (χ2n) is 7.79. The van der Waals surface area contributed by atoms with E-state index >= 15 is 0 Å². The van der Waals surface area contributed by atoms with E-state index in [1.165, 1.54) is 0 Å². The van der Waals surface area contributed by atoms with Crippen LogP contribution >= 0.6 is 0 Å². The van der Waals surface area contributed by atoms with Crippen LogP contribution in [0.5, 0.6) is 0 Å². The summed E-state index contributed by atoms with van der Waals surface area (Å²) in [6, 6.07) is 15.6. The minimum absolute atomic E-state index is 0.0227. The topological polar surface area (TPSA) is 111 Å². The van der Waals surface area contributed by atoms with Crippen LogP contribution in [0, 0.1) is 0 Å². The maximum atomic E-state index is 12.1. The molecule has 2 aromatic rings. The van der Waals surface area contributed by atoms with Crippen molar-refractivity contribution in [1.82, 2.24) is 5.32 Å². The highest BCUT2D eigenvalue weighted by Gasteiger charge is 2.13. The Labute approximate surface area is 193 Å². The molecule has 2 amide bonds. The number of carbonyl (C=O) groups excluding carboxylic acids is 4. The molecule has 1 atom stereocenters. The summed E-state index contributed by atoms with van der Waals surface area (Å²) in [5, 5.41) is 5.47. The van der Waals surface area contributed by atoms with Crippen molar-refractivity contribution in [2.75, 3.05) is 11.9 Å². The third kappa shape index (κ3) is 9.55. The predicted molar refractivity (Wildman–Crippen MR) is 123 cm³/mol. The number of benzene rings is 2. The molecule has 0 saturated heterocycles. The van der Waals surface area contributed by atoms with E-state index < -0.39 is 17.8 Å². The zero-order valence-corrected chi connectivity index (χ0v) is 19.1. The molecule has 0 fully saturated rings. The van der Waals surface area contributed by atoms with Crippen molar-refractivity contribution in [3.63, 3.8) is 0 Å². The Morgan fingerprint density at radius 3 is 2.15 bits per heavy atom. The van der Waals surface area contributed by atoms with Crippen LogP contribution in [0.2, 0.25) is 0 Å². The first-order chi connectivity index (χ1) is 15.7. The van der Waals surface area contributed by atoms with Crippen molar-refractivity contribution in [3.8, 4) is 0 Å². The molecule has 8 heteroatoms. The summed E-state index contributed by atoms with van der Waals surface area (Å²) in [4.78, 5) is 47.7. The molecule has 0 saturated carbocycles. The third-order valence-electron chi connectivity index (χ3n) is 4.57. The van der Waals surface area contributed by atoms with Gasteiger partial charge in [0.05, 0.1) is 17.7 Å². The molecule has 0 heterocycles. The zero-order chi connectivity index (χ0) is 24.2. The van der Waals surface area contributed by atoms with E-state index in [9.17, 15) is 19.2 Å². The fourth-order valence-corrected chi connectivity index (χ4v) is 2.91. The summed E-state index contributed by atoms with van der Waals surface area (Å²) < 4.78 is 10.1. The highest BCUT2D eigenvalue weighted by atomic mass is 16.5. The van der Waals surface area contributed by atoms with Crippen LogP contribution in [-0.2, 0) is 23.9 Å². The smallest absolute Gasteiger partial charge is 0.338 e. The molecule has 0 unspecified atom stereocenters. The van der Waals surface area contributed by atoms with Gasteiger partial charge in [-0.15, -0.1) is 0 Å². The molecule has 0 aliphatic rings. The fraction of sp³-hybridized carbons (Fsp3) is 0.360. The third-order valence-corrected chi connectivity index (χ3v) is 4.57. The van der Waals surface area contributed by atoms with E-state index in [2.05, 4.69) is 10.6 Å². The number of esters is 2. The second-order valence-corrected chi connectivity index (χ2v) is 7.79. The van der Waals surface area contributed by atoms with Crippen LogP contribution in [-0.4, -0.2) is 36.5 Å². The van der Waals surface area contributed by atoms with Gasteiger partial charge < -0.3 is 20.1 Å². The van der Waals surface area contributed by atoms with Crippen molar-refractivity contribution >= 4 is 29.4 Å². The van der Waals surface area contributed by atoms with Gasteiger partial charge in [0.1, 0.15) is 0 Å². The largest absolute Gasteiger partial charge is 0.459 e.